The average Bonchev–Trinajstić information content (AvgIpc) is 2.39. The van der Waals surface area contributed by atoms with Crippen LogP contribution in [0.5, 0.6) is 0 Å². The quantitative estimate of drug-likeness (QED) is 0.826. The maximum absolute atomic E-state index is 12.3. The standard InChI is InChI=1S/C13H17ClN2O2/c1-9-4-6-16(8-12(9)18-2)13(17)10-7-15-5-3-11(10)14/h3,5,7,9,12H,4,6,8H2,1-2H3. The van der Waals surface area contributed by atoms with E-state index in [2.05, 4.69) is 11.9 Å². The minimum Gasteiger partial charge on any atom is -0.379 e. The van der Waals surface area contributed by atoms with E-state index in [-0.39, 0.29) is 12.0 Å². The molecule has 1 aliphatic rings. The fourth-order valence-corrected chi connectivity index (χ4v) is 2.42. The molecule has 0 radical (unpaired) electrons. The molecular formula is C13H17ClN2O2. The zero-order chi connectivity index (χ0) is 13.1. The first-order valence-corrected chi connectivity index (χ1v) is 6.43. The van der Waals surface area contributed by atoms with Crippen molar-refractivity contribution in [3.8, 4) is 0 Å². The van der Waals surface area contributed by atoms with Crippen molar-refractivity contribution in [2.45, 2.75) is 19.4 Å². The SMILES string of the molecule is COC1CN(C(=O)c2cnccc2Cl)CCC1C. The first-order valence-electron chi connectivity index (χ1n) is 6.05. The summed E-state index contributed by atoms with van der Waals surface area (Å²) in [7, 11) is 1.69. The van der Waals surface area contributed by atoms with E-state index in [9.17, 15) is 4.79 Å². The molecule has 0 aliphatic carbocycles. The number of rotatable bonds is 2. The first-order chi connectivity index (χ1) is 8.63. The van der Waals surface area contributed by atoms with Gasteiger partial charge in [0.25, 0.3) is 5.91 Å². The van der Waals surface area contributed by atoms with Crippen molar-refractivity contribution in [2.75, 3.05) is 20.2 Å². The lowest BCUT2D eigenvalue weighted by atomic mass is 9.95. The smallest absolute Gasteiger partial charge is 0.257 e. The molecule has 2 rings (SSSR count). The Morgan fingerprint density at radius 1 is 1.61 bits per heavy atom. The summed E-state index contributed by atoms with van der Waals surface area (Å²) in [4.78, 5) is 18.1. The Morgan fingerprint density at radius 3 is 3.06 bits per heavy atom. The third-order valence-electron chi connectivity index (χ3n) is 3.48. The van der Waals surface area contributed by atoms with E-state index in [0.29, 0.717) is 23.0 Å². The Bertz CT molecular complexity index is 439. The molecule has 98 valence electrons. The summed E-state index contributed by atoms with van der Waals surface area (Å²) in [5, 5.41) is 0.447. The minimum atomic E-state index is -0.0675. The van der Waals surface area contributed by atoms with Crippen LogP contribution >= 0.6 is 11.6 Å². The first kappa shape index (κ1) is 13.3. The lowest BCUT2D eigenvalue weighted by Crippen LogP contribution is -2.46. The minimum absolute atomic E-state index is 0.0675. The molecule has 1 fully saturated rings. The van der Waals surface area contributed by atoms with E-state index >= 15 is 0 Å². The Hall–Kier alpha value is -1.13. The summed E-state index contributed by atoms with van der Waals surface area (Å²) in [6.45, 7) is 3.50. The van der Waals surface area contributed by atoms with Crippen molar-refractivity contribution in [3.63, 3.8) is 0 Å². The number of nitrogens with zero attached hydrogens (tertiary/aromatic N) is 2. The number of hydrogen-bond donors (Lipinski definition) is 0. The number of carbonyl (C=O) groups is 1. The van der Waals surface area contributed by atoms with Crippen LogP contribution in [0.3, 0.4) is 0 Å². The lowest BCUT2D eigenvalue weighted by molar-refractivity contribution is -0.00157. The highest BCUT2D eigenvalue weighted by Gasteiger charge is 2.29. The predicted molar refractivity (Wildman–Crippen MR) is 69.7 cm³/mol. The number of halogens is 1. The highest BCUT2D eigenvalue weighted by atomic mass is 35.5. The molecule has 5 heteroatoms. The predicted octanol–water partition coefficient (Wildman–Crippen LogP) is 2.23. The highest BCUT2D eigenvalue weighted by molar-refractivity contribution is 6.33. The molecule has 0 N–H and O–H groups in total. The molecular weight excluding hydrogens is 252 g/mol. The Kier molecular flexibility index (Phi) is 4.19. The van der Waals surface area contributed by atoms with Crippen LogP contribution in [0.4, 0.5) is 0 Å². The number of carbonyl (C=O) groups excluding carboxylic acids is 1. The second-order valence-corrected chi connectivity index (χ2v) is 5.05. The van der Waals surface area contributed by atoms with Crippen LogP contribution < -0.4 is 0 Å². The molecule has 2 unspecified atom stereocenters. The largest absolute Gasteiger partial charge is 0.379 e. The molecule has 1 amide bonds. The molecule has 0 saturated carbocycles. The van der Waals surface area contributed by atoms with Crippen molar-refractivity contribution >= 4 is 17.5 Å². The molecule has 1 aliphatic heterocycles. The highest BCUT2D eigenvalue weighted by Crippen LogP contribution is 2.23. The van der Waals surface area contributed by atoms with Gasteiger partial charge in [-0.1, -0.05) is 18.5 Å². The summed E-state index contributed by atoms with van der Waals surface area (Å²) < 4.78 is 5.41. The van der Waals surface area contributed by atoms with Crippen molar-refractivity contribution in [1.29, 1.82) is 0 Å². The molecule has 1 saturated heterocycles. The monoisotopic (exact) mass is 268 g/mol. The molecule has 0 bridgehead atoms. The van der Waals surface area contributed by atoms with Gasteiger partial charge in [-0.05, 0) is 18.4 Å². The van der Waals surface area contributed by atoms with Gasteiger partial charge in [-0.2, -0.15) is 0 Å². The number of ether oxygens (including phenoxy) is 1. The van der Waals surface area contributed by atoms with Crippen molar-refractivity contribution in [2.24, 2.45) is 5.92 Å². The van der Waals surface area contributed by atoms with Gasteiger partial charge in [0.1, 0.15) is 0 Å². The zero-order valence-electron chi connectivity index (χ0n) is 10.6. The number of aromatic nitrogens is 1. The second kappa shape index (κ2) is 5.67. The summed E-state index contributed by atoms with van der Waals surface area (Å²) >= 11 is 6.02. The molecule has 1 aromatic rings. The zero-order valence-corrected chi connectivity index (χ0v) is 11.4. The van der Waals surface area contributed by atoms with Gasteiger partial charge in [0.15, 0.2) is 0 Å². The number of amides is 1. The molecule has 2 heterocycles. The summed E-state index contributed by atoms with van der Waals surface area (Å²) in [6.07, 6.45) is 4.14. The average molecular weight is 269 g/mol. The summed E-state index contributed by atoms with van der Waals surface area (Å²) in [5.41, 5.74) is 0.462. The summed E-state index contributed by atoms with van der Waals surface area (Å²) in [6, 6.07) is 1.63. The van der Waals surface area contributed by atoms with Gasteiger partial charge in [-0.3, -0.25) is 9.78 Å². The van der Waals surface area contributed by atoms with E-state index in [1.54, 1.807) is 24.3 Å². The van der Waals surface area contributed by atoms with Crippen molar-refractivity contribution in [1.82, 2.24) is 9.88 Å². The van der Waals surface area contributed by atoms with Crippen LogP contribution in [0.25, 0.3) is 0 Å². The molecule has 4 nitrogen and oxygen atoms in total. The number of piperidine rings is 1. The number of pyridine rings is 1. The van der Waals surface area contributed by atoms with Crippen molar-refractivity contribution < 1.29 is 9.53 Å². The van der Waals surface area contributed by atoms with Crippen molar-refractivity contribution in [3.05, 3.63) is 29.0 Å². The van der Waals surface area contributed by atoms with Gasteiger partial charge in [0.05, 0.1) is 16.7 Å². The van der Waals surface area contributed by atoms with E-state index in [0.717, 1.165) is 13.0 Å². The molecule has 0 spiro atoms. The Labute approximate surface area is 112 Å². The maximum atomic E-state index is 12.3. The summed E-state index contributed by atoms with van der Waals surface area (Å²) in [5.74, 6) is 0.408. The number of methoxy groups -OCH3 is 1. The van der Waals surface area contributed by atoms with Crippen LogP contribution in [0.2, 0.25) is 5.02 Å². The van der Waals surface area contributed by atoms with Crippen LogP contribution in [-0.2, 0) is 4.74 Å². The Balaban J connectivity index is 2.13. The fourth-order valence-electron chi connectivity index (χ4n) is 2.23. The third kappa shape index (κ3) is 2.65. The topological polar surface area (TPSA) is 42.4 Å². The van der Waals surface area contributed by atoms with E-state index in [1.807, 2.05) is 0 Å². The van der Waals surface area contributed by atoms with Gasteiger partial charge in [0.2, 0.25) is 0 Å². The van der Waals surface area contributed by atoms with E-state index in [1.165, 1.54) is 6.20 Å². The molecule has 18 heavy (non-hydrogen) atoms. The second-order valence-electron chi connectivity index (χ2n) is 4.65. The molecule has 0 aromatic carbocycles. The Morgan fingerprint density at radius 2 is 2.39 bits per heavy atom. The van der Waals surface area contributed by atoms with Gasteiger partial charge in [-0.25, -0.2) is 0 Å². The normalized spacial score (nSPS) is 24.1. The van der Waals surface area contributed by atoms with E-state index < -0.39 is 0 Å². The van der Waals surface area contributed by atoms with Crippen LogP contribution in [0.1, 0.15) is 23.7 Å². The van der Waals surface area contributed by atoms with Gasteiger partial charge in [-0.15, -0.1) is 0 Å². The molecule has 2 atom stereocenters. The lowest BCUT2D eigenvalue weighted by Gasteiger charge is -2.36. The van der Waals surface area contributed by atoms with Crippen LogP contribution in [-0.4, -0.2) is 42.1 Å². The van der Waals surface area contributed by atoms with Gasteiger partial charge >= 0.3 is 0 Å². The molecule has 1 aromatic heterocycles. The number of likely N-dealkylation sites (tertiary alicyclic amines) is 1. The van der Waals surface area contributed by atoms with E-state index in [4.69, 9.17) is 16.3 Å². The fraction of sp³-hybridized carbons (Fsp3) is 0.538. The van der Waals surface area contributed by atoms with Gasteiger partial charge in [0, 0.05) is 32.6 Å². The number of hydrogen-bond acceptors (Lipinski definition) is 3. The van der Waals surface area contributed by atoms with Crippen LogP contribution in [0, 0.1) is 5.92 Å². The third-order valence-corrected chi connectivity index (χ3v) is 3.81. The van der Waals surface area contributed by atoms with Crippen LogP contribution in [0.15, 0.2) is 18.5 Å². The maximum Gasteiger partial charge on any atom is 0.257 e. The van der Waals surface area contributed by atoms with Gasteiger partial charge < -0.3 is 9.64 Å².